The van der Waals surface area contributed by atoms with Crippen molar-refractivity contribution >= 4 is 5.91 Å². The molecule has 0 spiro atoms. The molecule has 1 unspecified atom stereocenters. The molecule has 4 heteroatoms. The highest BCUT2D eigenvalue weighted by atomic mass is 16.5. The van der Waals surface area contributed by atoms with Gasteiger partial charge in [0.1, 0.15) is 5.75 Å². The summed E-state index contributed by atoms with van der Waals surface area (Å²) in [5.41, 5.74) is 1.04. The Labute approximate surface area is 115 Å². The van der Waals surface area contributed by atoms with E-state index in [9.17, 15) is 4.79 Å². The first-order valence-corrected chi connectivity index (χ1v) is 6.77. The van der Waals surface area contributed by atoms with E-state index in [-0.39, 0.29) is 11.9 Å². The number of nitrogens with one attached hydrogen (secondary N) is 1. The van der Waals surface area contributed by atoms with Crippen LogP contribution in [0, 0.1) is 0 Å². The second-order valence-electron chi connectivity index (χ2n) is 4.24. The molecule has 1 atom stereocenters. The van der Waals surface area contributed by atoms with Crippen molar-refractivity contribution in [1.29, 1.82) is 0 Å². The van der Waals surface area contributed by atoms with E-state index in [1.54, 1.807) is 0 Å². The molecule has 0 radical (unpaired) electrons. The van der Waals surface area contributed by atoms with Crippen molar-refractivity contribution in [3.05, 3.63) is 29.8 Å². The summed E-state index contributed by atoms with van der Waals surface area (Å²) in [6.45, 7) is 7.57. The molecule has 0 aliphatic carbocycles. The number of carbonyl (C=O) groups excluding carboxylic acids is 1. The zero-order valence-electron chi connectivity index (χ0n) is 11.9. The van der Waals surface area contributed by atoms with Gasteiger partial charge in [-0.25, -0.2) is 0 Å². The Morgan fingerprint density at radius 2 is 2.11 bits per heavy atom. The quantitative estimate of drug-likeness (QED) is 0.735. The second kappa shape index (κ2) is 8.53. The number of rotatable bonds is 8. The molecule has 1 amide bonds. The molecule has 0 aliphatic rings. The first-order chi connectivity index (χ1) is 9.17. The van der Waals surface area contributed by atoms with Gasteiger partial charge in [0.05, 0.1) is 19.3 Å². The van der Waals surface area contributed by atoms with Crippen molar-refractivity contribution in [2.45, 2.75) is 33.2 Å². The lowest BCUT2D eigenvalue weighted by molar-refractivity contribution is -0.122. The van der Waals surface area contributed by atoms with Crippen LogP contribution in [-0.4, -0.2) is 25.7 Å². The minimum absolute atomic E-state index is 0.00256. The van der Waals surface area contributed by atoms with Crippen LogP contribution in [0.1, 0.15) is 38.8 Å². The molecule has 1 rings (SSSR count). The van der Waals surface area contributed by atoms with E-state index in [2.05, 4.69) is 5.32 Å². The molecule has 0 heterocycles. The molecule has 0 fully saturated rings. The molecule has 0 saturated carbocycles. The average molecular weight is 265 g/mol. The summed E-state index contributed by atoms with van der Waals surface area (Å²) in [4.78, 5) is 11.7. The lowest BCUT2D eigenvalue weighted by Gasteiger charge is -2.15. The summed E-state index contributed by atoms with van der Waals surface area (Å²) in [6, 6.07) is 7.75. The highest BCUT2D eigenvalue weighted by Crippen LogP contribution is 2.19. The van der Waals surface area contributed by atoms with Gasteiger partial charge in [0.25, 0.3) is 0 Å². The third kappa shape index (κ3) is 5.75. The maximum Gasteiger partial charge on any atom is 0.222 e. The minimum atomic E-state index is -0.0328. The van der Waals surface area contributed by atoms with E-state index < -0.39 is 0 Å². The number of carbonyl (C=O) groups is 1. The van der Waals surface area contributed by atoms with E-state index in [0.717, 1.165) is 11.3 Å². The van der Waals surface area contributed by atoms with E-state index >= 15 is 0 Å². The molecule has 0 aliphatic heterocycles. The highest BCUT2D eigenvalue weighted by Gasteiger charge is 2.10. The minimum Gasteiger partial charge on any atom is -0.494 e. The van der Waals surface area contributed by atoms with Crippen molar-refractivity contribution in [1.82, 2.24) is 5.32 Å². The monoisotopic (exact) mass is 265 g/mol. The van der Waals surface area contributed by atoms with Crippen molar-refractivity contribution in [2.75, 3.05) is 19.8 Å². The molecule has 0 aromatic heterocycles. The van der Waals surface area contributed by atoms with E-state index in [4.69, 9.17) is 9.47 Å². The van der Waals surface area contributed by atoms with Gasteiger partial charge in [-0.2, -0.15) is 0 Å². The third-order valence-corrected chi connectivity index (χ3v) is 2.72. The number of ether oxygens (including phenoxy) is 2. The smallest absolute Gasteiger partial charge is 0.222 e. The van der Waals surface area contributed by atoms with E-state index in [1.807, 2.05) is 45.0 Å². The van der Waals surface area contributed by atoms with Crippen LogP contribution in [-0.2, 0) is 9.53 Å². The Morgan fingerprint density at radius 3 is 2.79 bits per heavy atom. The Hall–Kier alpha value is -1.55. The summed E-state index contributed by atoms with van der Waals surface area (Å²) in [5.74, 6) is 0.832. The van der Waals surface area contributed by atoms with Crippen molar-refractivity contribution < 1.29 is 14.3 Å². The number of amides is 1. The molecule has 1 aromatic carbocycles. The summed E-state index contributed by atoms with van der Waals surface area (Å²) in [5, 5.41) is 2.95. The van der Waals surface area contributed by atoms with Crippen molar-refractivity contribution in [2.24, 2.45) is 0 Å². The van der Waals surface area contributed by atoms with Crippen LogP contribution in [0.3, 0.4) is 0 Å². The molecule has 1 aromatic rings. The lowest BCUT2D eigenvalue weighted by Crippen LogP contribution is -2.27. The van der Waals surface area contributed by atoms with Crippen molar-refractivity contribution in [3.8, 4) is 5.75 Å². The van der Waals surface area contributed by atoms with Gasteiger partial charge in [0.15, 0.2) is 0 Å². The van der Waals surface area contributed by atoms with Gasteiger partial charge in [-0.1, -0.05) is 12.1 Å². The fourth-order valence-corrected chi connectivity index (χ4v) is 1.75. The summed E-state index contributed by atoms with van der Waals surface area (Å²) in [7, 11) is 0. The second-order valence-corrected chi connectivity index (χ2v) is 4.24. The lowest BCUT2D eigenvalue weighted by atomic mass is 10.1. The van der Waals surface area contributed by atoms with Gasteiger partial charge in [0, 0.05) is 13.0 Å². The van der Waals surface area contributed by atoms with Gasteiger partial charge < -0.3 is 14.8 Å². The van der Waals surface area contributed by atoms with Crippen LogP contribution in [0.4, 0.5) is 0 Å². The summed E-state index contributed by atoms with van der Waals surface area (Å²) in [6.07, 6.45) is 0.392. The van der Waals surface area contributed by atoms with Crippen LogP contribution in [0.2, 0.25) is 0 Å². The van der Waals surface area contributed by atoms with Gasteiger partial charge in [-0.15, -0.1) is 0 Å². The zero-order valence-corrected chi connectivity index (χ0v) is 11.9. The molecule has 0 saturated heterocycles. The van der Waals surface area contributed by atoms with Crippen LogP contribution in [0.5, 0.6) is 5.75 Å². The van der Waals surface area contributed by atoms with Crippen LogP contribution >= 0.6 is 0 Å². The Bertz CT molecular complexity index is 393. The highest BCUT2D eigenvalue weighted by molar-refractivity contribution is 5.76. The molecular weight excluding hydrogens is 242 g/mol. The fraction of sp³-hybridized carbons (Fsp3) is 0.533. The zero-order chi connectivity index (χ0) is 14.1. The number of hydrogen-bond acceptors (Lipinski definition) is 3. The fourth-order valence-electron chi connectivity index (χ4n) is 1.75. The maximum atomic E-state index is 11.7. The predicted octanol–water partition coefficient (Wildman–Crippen LogP) is 2.69. The first kappa shape index (κ1) is 15.5. The SMILES string of the molecule is CCOCCC(=O)NC(C)c1cccc(OCC)c1. The van der Waals surface area contributed by atoms with Gasteiger partial charge in [-0.3, -0.25) is 4.79 Å². The molecule has 4 nitrogen and oxygen atoms in total. The van der Waals surface area contributed by atoms with Crippen LogP contribution < -0.4 is 10.1 Å². The van der Waals surface area contributed by atoms with E-state index in [1.165, 1.54) is 0 Å². The number of benzene rings is 1. The molecule has 106 valence electrons. The summed E-state index contributed by atoms with van der Waals surface area (Å²) < 4.78 is 10.6. The Balaban J connectivity index is 2.50. The largest absolute Gasteiger partial charge is 0.494 e. The van der Waals surface area contributed by atoms with Gasteiger partial charge in [-0.05, 0) is 38.5 Å². The Kier molecular flexibility index (Phi) is 6.97. The van der Waals surface area contributed by atoms with Crippen molar-refractivity contribution in [3.63, 3.8) is 0 Å². The van der Waals surface area contributed by atoms with Gasteiger partial charge in [0.2, 0.25) is 5.91 Å². The molecule has 1 N–H and O–H groups in total. The Morgan fingerprint density at radius 1 is 1.32 bits per heavy atom. The first-order valence-electron chi connectivity index (χ1n) is 6.77. The average Bonchev–Trinajstić information content (AvgIpc) is 2.39. The molecule has 19 heavy (non-hydrogen) atoms. The van der Waals surface area contributed by atoms with Crippen LogP contribution in [0.15, 0.2) is 24.3 Å². The third-order valence-electron chi connectivity index (χ3n) is 2.72. The van der Waals surface area contributed by atoms with Gasteiger partial charge >= 0.3 is 0 Å². The summed E-state index contributed by atoms with van der Waals surface area (Å²) >= 11 is 0. The number of hydrogen-bond donors (Lipinski definition) is 1. The topological polar surface area (TPSA) is 47.6 Å². The molecule has 0 bridgehead atoms. The maximum absolute atomic E-state index is 11.7. The standard InChI is InChI=1S/C15H23NO3/c1-4-18-10-9-15(17)16-12(3)13-7-6-8-14(11-13)19-5-2/h6-8,11-12H,4-5,9-10H2,1-3H3,(H,16,17). The predicted molar refractivity (Wildman–Crippen MR) is 75.3 cm³/mol. The van der Waals surface area contributed by atoms with E-state index in [0.29, 0.717) is 26.2 Å². The normalized spacial score (nSPS) is 11.9. The van der Waals surface area contributed by atoms with Crippen LogP contribution in [0.25, 0.3) is 0 Å². The molecular formula is C15H23NO3.